The lowest BCUT2D eigenvalue weighted by Gasteiger charge is -2.15. The molecule has 38 heavy (non-hydrogen) atoms. The number of rotatable bonds is 8. The molecule has 1 N–H and O–H groups in total. The third-order valence-electron chi connectivity index (χ3n) is 5.04. The molecule has 0 aliphatic carbocycles. The van der Waals surface area contributed by atoms with Crippen molar-refractivity contribution < 1.29 is 36.6 Å². The number of para-hydroxylation sites is 2. The maximum absolute atomic E-state index is 13.9. The van der Waals surface area contributed by atoms with Crippen LogP contribution >= 0.6 is 23.2 Å². The maximum atomic E-state index is 13.9. The van der Waals surface area contributed by atoms with E-state index in [4.69, 9.17) is 41.8 Å². The molecular formula is C26H18Cl2F3NO6. The molecule has 0 saturated heterocycles. The maximum Gasteiger partial charge on any atom is 0.453 e. The summed E-state index contributed by atoms with van der Waals surface area (Å²) in [7, 11) is 0. The molecule has 0 radical (unpaired) electrons. The summed E-state index contributed by atoms with van der Waals surface area (Å²) in [5, 5.41) is 2.69. The first-order chi connectivity index (χ1) is 18.1. The van der Waals surface area contributed by atoms with Crippen LogP contribution in [0.25, 0.3) is 11.0 Å². The zero-order valence-electron chi connectivity index (χ0n) is 19.5. The highest BCUT2D eigenvalue weighted by molar-refractivity contribution is 6.44. The minimum absolute atomic E-state index is 0.0172. The van der Waals surface area contributed by atoms with Crippen molar-refractivity contribution in [1.82, 2.24) is 0 Å². The summed E-state index contributed by atoms with van der Waals surface area (Å²) in [6.07, 6.45) is -5.06. The normalized spacial score (nSPS) is 11.3. The van der Waals surface area contributed by atoms with Gasteiger partial charge in [0.1, 0.15) is 11.3 Å². The van der Waals surface area contributed by atoms with E-state index in [-0.39, 0.29) is 45.0 Å². The molecule has 3 aromatic carbocycles. The Hall–Kier alpha value is -3.89. The number of hydrogen-bond donors (Lipinski definition) is 1. The highest BCUT2D eigenvalue weighted by Gasteiger charge is 2.40. The number of carbonyl (C=O) groups is 1. The van der Waals surface area contributed by atoms with Crippen LogP contribution in [0.3, 0.4) is 0 Å². The smallest absolute Gasteiger partial charge is 0.453 e. The molecule has 7 nitrogen and oxygen atoms in total. The minimum Gasteiger partial charge on any atom is -0.490 e. The number of amides is 1. The highest BCUT2D eigenvalue weighted by Crippen LogP contribution is 2.40. The van der Waals surface area contributed by atoms with Gasteiger partial charge in [0, 0.05) is 6.07 Å². The number of fused-ring (bicyclic) bond motifs is 1. The van der Waals surface area contributed by atoms with Crippen LogP contribution in [0.5, 0.6) is 23.0 Å². The van der Waals surface area contributed by atoms with Gasteiger partial charge in [-0.25, -0.2) is 0 Å². The summed E-state index contributed by atoms with van der Waals surface area (Å²) in [4.78, 5) is 25.3. The molecule has 0 aliphatic heterocycles. The van der Waals surface area contributed by atoms with E-state index in [1.807, 2.05) is 0 Å². The molecule has 0 fully saturated rings. The number of carbonyl (C=O) groups excluding carboxylic acids is 1. The number of hydrogen-bond acceptors (Lipinski definition) is 6. The molecule has 12 heteroatoms. The Labute approximate surface area is 223 Å². The Balaban J connectivity index is 1.62. The second-order valence-corrected chi connectivity index (χ2v) is 8.45. The Morgan fingerprint density at radius 3 is 2.45 bits per heavy atom. The second-order valence-electron chi connectivity index (χ2n) is 7.67. The van der Waals surface area contributed by atoms with E-state index in [9.17, 15) is 22.8 Å². The predicted octanol–water partition coefficient (Wildman–Crippen LogP) is 7.33. The summed E-state index contributed by atoms with van der Waals surface area (Å²) in [6, 6.07) is 14.2. The fourth-order valence-electron chi connectivity index (χ4n) is 3.38. The van der Waals surface area contributed by atoms with Crippen molar-refractivity contribution in [3.05, 3.63) is 86.7 Å². The van der Waals surface area contributed by atoms with Gasteiger partial charge >= 0.3 is 6.18 Å². The standard InChI is InChI=1S/C26H18Cl2F3NO6/c1-2-35-18-8-3-4-9-19(18)37-24-23(34)15-11-10-14(12-20(15)38-25(24)26(29,30)31)36-13-21(33)32-17-7-5-6-16(27)22(17)28/h3-12H,2,13H2,1H3,(H,32,33). The third-order valence-corrected chi connectivity index (χ3v) is 5.86. The Morgan fingerprint density at radius 1 is 1.00 bits per heavy atom. The van der Waals surface area contributed by atoms with Gasteiger partial charge in [-0.15, -0.1) is 0 Å². The van der Waals surface area contributed by atoms with Crippen molar-refractivity contribution in [2.45, 2.75) is 13.1 Å². The Kier molecular flexibility index (Phi) is 8.03. The van der Waals surface area contributed by atoms with E-state index >= 15 is 0 Å². The van der Waals surface area contributed by atoms with Crippen LogP contribution < -0.4 is 25.0 Å². The van der Waals surface area contributed by atoms with Gasteiger partial charge in [-0.1, -0.05) is 41.4 Å². The van der Waals surface area contributed by atoms with E-state index < -0.39 is 41.2 Å². The van der Waals surface area contributed by atoms with Crippen molar-refractivity contribution in [3.8, 4) is 23.0 Å². The third kappa shape index (κ3) is 5.98. The van der Waals surface area contributed by atoms with Gasteiger partial charge in [0.15, 0.2) is 18.1 Å². The lowest BCUT2D eigenvalue weighted by molar-refractivity contribution is -0.154. The molecule has 0 bridgehead atoms. The number of benzene rings is 3. The average molecular weight is 568 g/mol. The van der Waals surface area contributed by atoms with Gasteiger partial charge in [0.05, 0.1) is 27.7 Å². The van der Waals surface area contributed by atoms with Gasteiger partial charge in [-0.05, 0) is 43.3 Å². The molecule has 4 rings (SSSR count). The summed E-state index contributed by atoms with van der Waals surface area (Å²) < 4.78 is 62.9. The van der Waals surface area contributed by atoms with Crippen LogP contribution in [-0.4, -0.2) is 19.1 Å². The number of anilines is 1. The number of halogens is 5. The molecule has 0 saturated carbocycles. The molecule has 0 spiro atoms. The van der Waals surface area contributed by atoms with E-state index in [1.54, 1.807) is 25.1 Å². The average Bonchev–Trinajstić information content (AvgIpc) is 2.87. The highest BCUT2D eigenvalue weighted by atomic mass is 35.5. The largest absolute Gasteiger partial charge is 0.490 e. The molecule has 4 aromatic rings. The summed E-state index contributed by atoms with van der Waals surface area (Å²) in [5.41, 5.74) is -1.21. The molecule has 0 unspecified atom stereocenters. The van der Waals surface area contributed by atoms with E-state index in [2.05, 4.69) is 5.32 Å². The van der Waals surface area contributed by atoms with E-state index in [1.165, 1.54) is 36.4 Å². The number of ether oxygens (including phenoxy) is 3. The SMILES string of the molecule is CCOc1ccccc1Oc1c(C(F)(F)F)oc2cc(OCC(=O)Nc3cccc(Cl)c3Cl)ccc2c1=O. The first kappa shape index (κ1) is 27.2. The molecule has 1 aromatic heterocycles. The predicted molar refractivity (Wildman–Crippen MR) is 136 cm³/mol. The van der Waals surface area contributed by atoms with Crippen LogP contribution in [0.15, 0.2) is 69.9 Å². The molecule has 0 atom stereocenters. The van der Waals surface area contributed by atoms with Crippen LogP contribution in [0.4, 0.5) is 18.9 Å². The van der Waals surface area contributed by atoms with Crippen molar-refractivity contribution in [2.75, 3.05) is 18.5 Å². The van der Waals surface area contributed by atoms with Gasteiger partial charge < -0.3 is 23.9 Å². The first-order valence-electron chi connectivity index (χ1n) is 11.0. The second kappa shape index (κ2) is 11.2. The number of alkyl halides is 3. The number of nitrogens with one attached hydrogen (secondary N) is 1. The lowest BCUT2D eigenvalue weighted by atomic mass is 10.2. The fourth-order valence-corrected chi connectivity index (χ4v) is 3.73. The first-order valence-corrected chi connectivity index (χ1v) is 11.8. The van der Waals surface area contributed by atoms with Crippen LogP contribution in [0.1, 0.15) is 12.7 Å². The van der Waals surface area contributed by atoms with Crippen LogP contribution in [0.2, 0.25) is 10.0 Å². The lowest BCUT2D eigenvalue weighted by Crippen LogP contribution is -2.20. The summed E-state index contributed by atoms with van der Waals surface area (Å²) in [5.74, 6) is -3.23. The summed E-state index contributed by atoms with van der Waals surface area (Å²) in [6.45, 7) is 1.41. The van der Waals surface area contributed by atoms with Crippen molar-refractivity contribution in [1.29, 1.82) is 0 Å². The van der Waals surface area contributed by atoms with E-state index in [0.29, 0.717) is 0 Å². The topological polar surface area (TPSA) is 87.0 Å². The zero-order chi connectivity index (χ0) is 27.4. The van der Waals surface area contributed by atoms with Crippen molar-refractivity contribution >= 4 is 45.8 Å². The summed E-state index contributed by atoms with van der Waals surface area (Å²) >= 11 is 12.0. The molecule has 1 amide bonds. The molecule has 198 valence electrons. The molecule has 1 heterocycles. The van der Waals surface area contributed by atoms with E-state index in [0.717, 1.165) is 6.07 Å². The van der Waals surface area contributed by atoms with Crippen LogP contribution in [-0.2, 0) is 11.0 Å². The quantitative estimate of drug-likeness (QED) is 0.240. The zero-order valence-corrected chi connectivity index (χ0v) is 21.0. The van der Waals surface area contributed by atoms with Crippen molar-refractivity contribution in [3.63, 3.8) is 0 Å². The molecular weight excluding hydrogens is 550 g/mol. The Bertz CT molecular complexity index is 1550. The fraction of sp³-hybridized carbons (Fsp3) is 0.154. The van der Waals surface area contributed by atoms with Gasteiger partial charge in [-0.3, -0.25) is 9.59 Å². The minimum atomic E-state index is -5.06. The monoisotopic (exact) mass is 567 g/mol. The van der Waals surface area contributed by atoms with Crippen molar-refractivity contribution in [2.24, 2.45) is 0 Å². The van der Waals surface area contributed by atoms with Gasteiger partial charge in [0.2, 0.25) is 11.2 Å². The van der Waals surface area contributed by atoms with Crippen LogP contribution in [0, 0.1) is 0 Å². The Morgan fingerprint density at radius 2 is 1.74 bits per heavy atom. The van der Waals surface area contributed by atoms with Gasteiger partial charge in [-0.2, -0.15) is 13.2 Å². The van der Waals surface area contributed by atoms with Gasteiger partial charge in [0.25, 0.3) is 11.7 Å². The molecule has 0 aliphatic rings.